The highest BCUT2D eigenvalue weighted by Crippen LogP contribution is 2.37. The summed E-state index contributed by atoms with van der Waals surface area (Å²) < 4.78 is 40.5. The molecule has 2 aromatic carbocycles. The molecule has 0 fully saturated rings. The van der Waals surface area contributed by atoms with Crippen molar-refractivity contribution in [3.05, 3.63) is 88.2 Å². The second-order valence-corrected chi connectivity index (χ2v) is 8.63. The molecule has 6 heteroatoms. The van der Waals surface area contributed by atoms with E-state index < -0.39 is 11.7 Å². The predicted octanol–water partition coefficient (Wildman–Crippen LogP) is 7.32. The van der Waals surface area contributed by atoms with E-state index in [-0.39, 0.29) is 5.69 Å². The number of pyridine rings is 1. The van der Waals surface area contributed by atoms with Gasteiger partial charge in [-0.15, -0.1) is 0 Å². The van der Waals surface area contributed by atoms with Gasteiger partial charge >= 0.3 is 6.18 Å². The van der Waals surface area contributed by atoms with Gasteiger partial charge in [0.25, 0.3) is 0 Å². The molecule has 0 bridgehead atoms. The maximum atomic E-state index is 13.5. The summed E-state index contributed by atoms with van der Waals surface area (Å²) in [5, 5.41) is 0. The van der Waals surface area contributed by atoms with Crippen molar-refractivity contribution in [3.8, 4) is 0 Å². The highest BCUT2D eigenvalue weighted by Gasteiger charge is 2.33. The van der Waals surface area contributed by atoms with Crippen LogP contribution in [-0.4, -0.2) is 16.4 Å². The van der Waals surface area contributed by atoms with Crippen molar-refractivity contribution in [2.75, 3.05) is 0 Å². The minimum absolute atomic E-state index is 0.0545. The van der Waals surface area contributed by atoms with Crippen LogP contribution in [-0.2, 0) is 19.0 Å². The van der Waals surface area contributed by atoms with Crippen molar-refractivity contribution in [1.29, 1.82) is 0 Å². The first kappa shape index (κ1) is 21.6. The molecule has 0 saturated carbocycles. The van der Waals surface area contributed by atoms with Gasteiger partial charge in [-0.05, 0) is 80.3 Å². The summed E-state index contributed by atoms with van der Waals surface area (Å²) in [7, 11) is 0. The standard InChI is InChI=1S/C27H24F3N3/c1-17-8-2-4-12-21(17)31-23-14-6-9-18-16-19-10-7-15-24(26(19)33-25(18)23)32-22-13-5-3-11-20(22)27(28,29)30/h2-5,8,11-13,16H,6-7,9-10,14-15H2,1H3. The van der Waals surface area contributed by atoms with Crippen molar-refractivity contribution in [3.63, 3.8) is 0 Å². The van der Waals surface area contributed by atoms with E-state index in [1.807, 2.05) is 31.2 Å². The van der Waals surface area contributed by atoms with Gasteiger partial charge in [0.05, 0.1) is 39.7 Å². The van der Waals surface area contributed by atoms with Gasteiger partial charge in [-0.2, -0.15) is 13.2 Å². The SMILES string of the molecule is Cc1ccccc1N=C1CCCc2cc3c(nc21)C(=Nc1ccccc1C(F)(F)F)CCC3. The second kappa shape index (κ2) is 8.58. The molecular formula is C27H24F3N3. The lowest BCUT2D eigenvalue weighted by molar-refractivity contribution is -0.137. The fourth-order valence-corrected chi connectivity index (χ4v) is 4.62. The highest BCUT2D eigenvalue weighted by molar-refractivity contribution is 6.06. The Balaban J connectivity index is 1.62. The molecule has 3 nitrogen and oxygen atoms in total. The number of aryl methyl sites for hydroxylation is 3. The van der Waals surface area contributed by atoms with E-state index >= 15 is 0 Å². The van der Waals surface area contributed by atoms with Crippen LogP contribution in [0.2, 0.25) is 0 Å². The van der Waals surface area contributed by atoms with E-state index in [0.29, 0.717) is 12.1 Å². The summed E-state index contributed by atoms with van der Waals surface area (Å²) in [6.45, 7) is 2.03. The van der Waals surface area contributed by atoms with Crippen LogP contribution in [0.4, 0.5) is 24.5 Å². The molecule has 0 aliphatic heterocycles. The predicted molar refractivity (Wildman–Crippen MR) is 125 cm³/mol. The van der Waals surface area contributed by atoms with Crippen LogP contribution in [0.15, 0.2) is 64.6 Å². The van der Waals surface area contributed by atoms with E-state index in [1.54, 1.807) is 6.07 Å². The van der Waals surface area contributed by atoms with Crippen molar-refractivity contribution in [2.24, 2.45) is 9.98 Å². The largest absolute Gasteiger partial charge is 0.418 e. The van der Waals surface area contributed by atoms with Gasteiger partial charge in [0.1, 0.15) is 0 Å². The zero-order valence-corrected chi connectivity index (χ0v) is 18.4. The normalized spacial score (nSPS) is 18.3. The number of aliphatic imine (C=N–C) groups is 2. The van der Waals surface area contributed by atoms with Gasteiger partial charge in [-0.3, -0.25) is 9.98 Å². The van der Waals surface area contributed by atoms with Crippen LogP contribution in [0.25, 0.3) is 0 Å². The van der Waals surface area contributed by atoms with Crippen molar-refractivity contribution in [2.45, 2.75) is 51.6 Å². The summed E-state index contributed by atoms with van der Waals surface area (Å²) in [5.41, 5.74) is 6.63. The van der Waals surface area contributed by atoms with Crippen LogP contribution in [0.3, 0.4) is 0 Å². The number of benzene rings is 2. The van der Waals surface area contributed by atoms with Crippen molar-refractivity contribution in [1.82, 2.24) is 4.98 Å². The lowest BCUT2D eigenvalue weighted by atomic mass is 9.87. The quantitative estimate of drug-likeness (QED) is 0.405. The molecule has 0 amide bonds. The van der Waals surface area contributed by atoms with Crippen molar-refractivity contribution >= 4 is 22.8 Å². The Bertz CT molecular complexity index is 1270. The third kappa shape index (κ3) is 4.34. The molecule has 33 heavy (non-hydrogen) atoms. The summed E-state index contributed by atoms with van der Waals surface area (Å²) in [6.07, 6.45) is 0.648. The molecule has 5 rings (SSSR count). The van der Waals surface area contributed by atoms with Crippen LogP contribution in [0.1, 0.15) is 59.3 Å². The minimum atomic E-state index is -4.45. The fraction of sp³-hybridized carbons (Fsp3) is 0.296. The molecule has 0 unspecified atom stereocenters. The molecule has 168 valence electrons. The monoisotopic (exact) mass is 447 g/mol. The minimum Gasteiger partial charge on any atom is -0.251 e. The lowest BCUT2D eigenvalue weighted by Crippen LogP contribution is -2.21. The number of alkyl halides is 3. The molecule has 2 aliphatic rings. The zero-order valence-electron chi connectivity index (χ0n) is 18.4. The second-order valence-electron chi connectivity index (χ2n) is 8.63. The maximum absolute atomic E-state index is 13.5. The maximum Gasteiger partial charge on any atom is 0.418 e. The third-order valence-corrected chi connectivity index (χ3v) is 6.28. The number of hydrogen-bond donors (Lipinski definition) is 0. The van der Waals surface area contributed by atoms with Gasteiger partial charge in [0.15, 0.2) is 0 Å². The van der Waals surface area contributed by atoms with Gasteiger partial charge in [0.2, 0.25) is 0 Å². The first-order valence-electron chi connectivity index (χ1n) is 11.3. The average Bonchev–Trinajstić information content (AvgIpc) is 2.79. The number of nitrogens with zero attached hydrogens (tertiary/aromatic N) is 3. The number of halogens is 3. The number of hydrogen-bond acceptors (Lipinski definition) is 3. The average molecular weight is 448 g/mol. The Morgan fingerprint density at radius 1 is 0.727 bits per heavy atom. The molecule has 1 heterocycles. The summed E-state index contributed by atoms with van der Waals surface area (Å²) in [6, 6.07) is 15.7. The molecule has 0 saturated heterocycles. The molecule has 0 atom stereocenters. The number of aromatic nitrogens is 1. The van der Waals surface area contributed by atoms with Crippen LogP contribution in [0, 0.1) is 6.92 Å². The van der Waals surface area contributed by atoms with Crippen LogP contribution < -0.4 is 0 Å². The molecule has 0 N–H and O–H groups in total. The van der Waals surface area contributed by atoms with Crippen molar-refractivity contribution < 1.29 is 13.2 Å². The van der Waals surface area contributed by atoms with Gasteiger partial charge in [-0.1, -0.05) is 36.4 Å². The first-order valence-corrected chi connectivity index (χ1v) is 11.3. The Morgan fingerprint density at radius 3 is 1.88 bits per heavy atom. The summed E-state index contributed by atoms with van der Waals surface area (Å²) in [5.74, 6) is 0. The van der Waals surface area contributed by atoms with E-state index in [1.165, 1.54) is 17.7 Å². The van der Waals surface area contributed by atoms with Gasteiger partial charge in [-0.25, -0.2) is 4.98 Å². The Hall–Kier alpha value is -3.28. The fourth-order valence-electron chi connectivity index (χ4n) is 4.62. The molecule has 0 spiro atoms. The smallest absolute Gasteiger partial charge is 0.251 e. The molecule has 2 aliphatic carbocycles. The van der Waals surface area contributed by atoms with Gasteiger partial charge in [0, 0.05) is 0 Å². The van der Waals surface area contributed by atoms with E-state index in [0.717, 1.165) is 72.1 Å². The summed E-state index contributed by atoms with van der Waals surface area (Å²) in [4.78, 5) is 14.4. The topological polar surface area (TPSA) is 37.6 Å². The van der Waals surface area contributed by atoms with Crippen LogP contribution in [0.5, 0.6) is 0 Å². The number of rotatable bonds is 2. The molecule has 0 radical (unpaired) electrons. The Morgan fingerprint density at radius 2 is 1.27 bits per heavy atom. The third-order valence-electron chi connectivity index (χ3n) is 6.28. The Kier molecular flexibility index (Phi) is 5.60. The molecular weight excluding hydrogens is 423 g/mol. The van der Waals surface area contributed by atoms with E-state index in [9.17, 15) is 13.2 Å². The Labute approximate surface area is 191 Å². The van der Waals surface area contributed by atoms with Crippen LogP contribution >= 0.6 is 0 Å². The van der Waals surface area contributed by atoms with E-state index in [2.05, 4.69) is 11.1 Å². The first-order chi connectivity index (χ1) is 15.9. The highest BCUT2D eigenvalue weighted by atomic mass is 19.4. The zero-order chi connectivity index (χ0) is 23.0. The van der Waals surface area contributed by atoms with Gasteiger partial charge < -0.3 is 0 Å². The molecule has 3 aromatic rings. The van der Waals surface area contributed by atoms with E-state index in [4.69, 9.17) is 9.98 Å². The number of fused-ring (bicyclic) bond motifs is 2. The summed E-state index contributed by atoms with van der Waals surface area (Å²) >= 11 is 0. The molecule has 1 aromatic heterocycles. The number of para-hydroxylation sites is 2. The lowest BCUT2D eigenvalue weighted by Gasteiger charge is -2.24.